The van der Waals surface area contributed by atoms with Crippen LogP contribution in [0.2, 0.25) is 0 Å². The predicted octanol–water partition coefficient (Wildman–Crippen LogP) is 6.05. The van der Waals surface area contributed by atoms with Crippen molar-refractivity contribution in [2.75, 3.05) is 6.61 Å². The van der Waals surface area contributed by atoms with Crippen molar-refractivity contribution in [2.24, 2.45) is 0 Å². The highest BCUT2D eigenvalue weighted by atomic mass is 19.4. The van der Waals surface area contributed by atoms with Gasteiger partial charge < -0.3 is 9.84 Å². The first-order valence-electron chi connectivity index (χ1n) is 10.2. The molecule has 0 unspecified atom stereocenters. The summed E-state index contributed by atoms with van der Waals surface area (Å²) in [6.45, 7) is 6.58. The second-order valence-electron chi connectivity index (χ2n) is 7.88. The zero-order valence-corrected chi connectivity index (χ0v) is 18.4. The second kappa shape index (κ2) is 8.79. The summed E-state index contributed by atoms with van der Waals surface area (Å²) in [4.78, 5) is 12.3. The maximum Gasteiger partial charge on any atom is 0.431 e. The van der Waals surface area contributed by atoms with Gasteiger partial charge in [0.25, 0.3) is 5.60 Å². The number of hydrogen-bond acceptors (Lipinski definition) is 3. The van der Waals surface area contributed by atoms with Gasteiger partial charge in [0, 0.05) is 0 Å². The Hall–Kier alpha value is -3.12. The van der Waals surface area contributed by atoms with Crippen LogP contribution in [0.1, 0.15) is 34.7 Å². The van der Waals surface area contributed by atoms with Crippen LogP contribution in [0.4, 0.5) is 13.2 Å². The zero-order chi connectivity index (χ0) is 23.7. The van der Waals surface area contributed by atoms with Crippen LogP contribution in [-0.2, 0) is 9.53 Å². The number of rotatable bonds is 5. The van der Waals surface area contributed by atoms with Crippen molar-refractivity contribution in [1.29, 1.82) is 0 Å². The highest BCUT2D eigenvalue weighted by Gasteiger charge is 2.59. The zero-order valence-electron chi connectivity index (χ0n) is 18.4. The summed E-state index contributed by atoms with van der Waals surface area (Å²) in [6.07, 6.45) is -4.69. The highest BCUT2D eigenvalue weighted by molar-refractivity contribution is 5.94. The first-order chi connectivity index (χ1) is 15.0. The molecule has 0 aliphatic rings. The van der Waals surface area contributed by atoms with E-state index in [1.54, 1.807) is 32.0 Å². The Morgan fingerprint density at radius 2 is 1.56 bits per heavy atom. The van der Waals surface area contributed by atoms with Crippen LogP contribution in [0.3, 0.4) is 0 Å². The maximum atomic E-state index is 14.0. The molecule has 0 aromatic heterocycles. The summed E-state index contributed by atoms with van der Waals surface area (Å²) >= 11 is 0. The number of aliphatic hydroxyl groups is 1. The fourth-order valence-corrected chi connectivity index (χ4v) is 3.97. The summed E-state index contributed by atoms with van der Waals surface area (Å²) in [5, 5.41) is 12.4. The average molecular weight is 442 g/mol. The quantitative estimate of drug-likeness (QED) is 0.489. The molecular weight excluding hydrogens is 417 g/mol. The van der Waals surface area contributed by atoms with Crippen molar-refractivity contribution in [3.8, 4) is 0 Å². The SMILES string of the molecule is CCOC(=O)[C@](O)(/C=C(\c1ccc2ccccc2c1)c1c(C)cc(C)cc1C)C(F)(F)F. The molecule has 1 N–H and O–H groups in total. The lowest BCUT2D eigenvalue weighted by Gasteiger charge is -2.27. The molecule has 32 heavy (non-hydrogen) atoms. The normalized spacial score (nSPS) is 14.3. The van der Waals surface area contributed by atoms with Crippen LogP contribution in [0.15, 0.2) is 60.7 Å². The van der Waals surface area contributed by atoms with Crippen molar-refractivity contribution < 1.29 is 27.8 Å². The van der Waals surface area contributed by atoms with Crippen LogP contribution in [0, 0.1) is 20.8 Å². The molecule has 0 aliphatic heterocycles. The summed E-state index contributed by atoms with van der Waals surface area (Å²) in [5.41, 5.74) is -0.292. The Morgan fingerprint density at radius 3 is 2.12 bits per heavy atom. The molecule has 0 heterocycles. The van der Waals surface area contributed by atoms with E-state index < -0.39 is 17.7 Å². The molecule has 0 saturated heterocycles. The molecule has 0 spiro atoms. The number of ether oxygens (including phenoxy) is 1. The van der Waals surface area contributed by atoms with Crippen LogP contribution >= 0.6 is 0 Å². The second-order valence-corrected chi connectivity index (χ2v) is 7.88. The standard InChI is InChI=1S/C26H25F3O3/c1-5-32-24(30)25(31,26(27,28)29)15-22(23-17(3)12-16(2)13-18(23)4)21-11-10-19-8-6-7-9-20(19)14-21/h6-15,31H,5H2,1-4H3/b22-15+/t25-/m1/s1. The first-order valence-corrected chi connectivity index (χ1v) is 10.2. The first kappa shape index (κ1) is 23.5. The molecule has 3 aromatic rings. The lowest BCUT2D eigenvalue weighted by atomic mass is 9.85. The molecule has 0 radical (unpaired) electrons. The van der Waals surface area contributed by atoms with Gasteiger partial charge in [-0.25, -0.2) is 4.79 Å². The smallest absolute Gasteiger partial charge is 0.431 e. The lowest BCUT2D eigenvalue weighted by Crippen LogP contribution is -2.51. The number of halogens is 3. The van der Waals surface area contributed by atoms with Gasteiger partial charge in [-0.1, -0.05) is 54.1 Å². The molecule has 6 heteroatoms. The van der Waals surface area contributed by atoms with Crippen molar-refractivity contribution >= 4 is 22.3 Å². The van der Waals surface area contributed by atoms with Gasteiger partial charge in [0.15, 0.2) is 0 Å². The molecule has 0 aliphatic carbocycles. The fourth-order valence-electron chi connectivity index (χ4n) is 3.97. The van der Waals surface area contributed by atoms with E-state index in [0.717, 1.165) is 27.5 Å². The van der Waals surface area contributed by atoms with Gasteiger partial charge in [-0.3, -0.25) is 0 Å². The van der Waals surface area contributed by atoms with E-state index in [-0.39, 0.29) is 12.2 Å². The third kappa shape index (κ3) is 4.41. The van der Waals surface area contributed by atoms with E-state index >= 15 is 0 Å². The number of fused-ring (bicyclic) bond motifs is 1. The number of aryl methyl sites for hydroxylation is 3. The number of benzene rings is 3. The summed E-state index contributed by atoms with van der Waals surface area (Å²) < 4.78 is 46.6. The Balaban J connectivity index is 2.37. The van der Waals surface area contributed by atoms with E-state index in [0.29, 0.717) is 17.2 Å². The van der Waals surface area contributed by atoms with Crippen LogP contribution in [0.5, 0.6) is 0 Å². The van der Waals surface area contributed by atoms with Gasteiger partial charge in [-0.15, -0.1) is 0 Å². The number of hydrogen-bond donors (Lipinski definition) is 1. The van der Waals surface area contributed by atoms with Gasteiger partial charge in [0.05, 0.1) is 6.61 Å². The van der Waals surface area contributed by atoms with E-state index in [2.05, 4.69) is 4.74 Å². The van der Waals surface area contributed by atoms with E-state index in [1.807, 2.05) is 43.3 Å². The number of alkyl halides is 3. The molecule has 0 amide bonds. The van der Waals surface area contributed by atoms with Gasteiger partial charge >= 0.3 is 12.1 Å². The third-order valence-electron chi connectivity index (χ3n) is 5.38. The molecule has 1 atom stereocenters. The number of carbonyl (C=O) groups excluding carboxylic acids is 1. The molecule has 3 aromatic carbocycles. The number of esters is 1. The summed E-state index contributed by atoms with van der Waals surface area (Å²) in [7, 11) is 0. The Bertz CT molecular complexity index is 1170. The van der Waals surface area contributed by atoms with E-state index in [1.165, 1.54) is 6.92 Å². The Labute approximate surface area is 185 Å². The van der Waals surface area contributed by atoms with Gasteiger partial charge in [0.1, 0.15) is 0 Å². The molecule has 0 saturated carbocycles. The Morgan fingerprint density at radius 1 is 0.969 bits per heavy atom. The van der Waals surface area contributed by atoms with Gasteiger partial charge in [-0.05, 0) is 78.4 Å². The molecule has 3 rings (SSSR count). The van der Waals surface area contributed by atoms with Gasteiger partial charge in [-0.2, -0.15) is 13.2 Å². The third-order valence-corrected chi connectivity index (χ3v) is 5.38. The molecule has 168 valence electrons. The Kier molecular flexibility index (Phi) is 6.46. The van der Waals surface area contributed by atoms with Crippen LogP contribution in [0.25, 0.3) is 16.3 Å². The highest BCUT2D eigenvalue weighted by Crippen LogP contribution is 2.39. The summed E-state index contributed by atoms with van der Waals surface area (Å²) in [6, 6.07) is 16.4. The monoisotopic (exact) mass is 442 g/mol. The van der Waals surface area contributed by atoms with Crippen LogP contribution in [-0.4, -0.2) is 29.5 Å². The topological polar surface area (TPSA) is 46.5 Å². The van der Waals surface area contributed by atoms with Crippen LogP contribution < -0.4 is 0 Å². The minimum Gasteiger partial charge on any atom is -0.463 e. The molecule has 0 bridgehead atoms. The van der Waals surface area contributed by atoms with E-state index in [4.69, 9.17) is 0 Å². The lowest BCUT2D eigenvalue weighted by molar-refractivity contribution is -0.245. The van der Waals surface area contributed by atoms with Crippen molar-refractivity contribution in [3.63, 3.8) is 0 Å². The maximum absolute atomic E-state index is 14.0. The molecule has 3 nitrogen and oxygen atoms in total. The van der Waals surface area contributed by atoms with E-state index in [9.17, 15) is 23.1 Å². The average Bonchev–Trinajstić information content (AvgIpc) is 2.71. The predicted molar refractivity (Wildman–Crippen MR) is 119 cm³/mol. The van der Waals surface area contributed by atoms with Crippen molar-refractivity contribution in [3.05, 3.63) is 88.5 Å². The number of carbonyl (C=O) groups is 1. The minimum atomic E-state index is -5.27. The van der Waals surface area contributed by atoms with Crippen molar-refractivity contribution in [1.82, 2.24) is 0 Å². The van der Waals surface area contributed by atoms with Gasteiger partial charge in [0.2, 0.25) is 0 Å². The molecule has 0 fully saturated rings. The summed E-state index contributed by atoms with van der Waals surface area (Å²) in [5.74, 6) is -1.76. The van der Waals surface area contributed by atoms with Crippen molar-refractivity contribution in [2.45, 2.75) is 39.5 Å². The fraction of sp³-hybridized carbons (Fsp3) is 0.269. The minimum absolute atomic E-state index is 0.110. The molecular formula is C26H25F3O3. The largest absolute Gasteiger partial charge is 0.463 e.